The highest BCUT2D eigenvalue weighted by atomic mass is 32.2. The van der Waals surface area contributed by atoms with E-state index in [9.17, 15) is 13.4 Å². The average Bonchev–Trinajstić information content (AvgIpc) is 3.57. The number of amides is 1. The molecule has 8 nitrogen and oxygen atoms in total. The zero-order valence-electron chi connectivity index (χ0n) is 21.8. The van der Waals surface area contributed by atoms with Crippen LogP contribution in [0.1, 0.15) is 44.9 Å². The Morgan fingerprint density at radius 3 is 2.46 bits per heavy atom. The second-order valence-electron chi connectivity index (χ2n) is 10.3. The number of rotatable bonds is 5. The topological polar surface area (TPSA) is 112 Å². The van der Waals surface area contributed by atoms with E-state index in [0.29, 0.717) is 17.1 Å². The van der Waals surface area contributed by atoms with Crippen molar-refractivity contribution in [2.45, 2.75) is 50.5 Å². The number of benzene rings is 1. The van der Waals surface area contributed by atoms with Gasteiger partial charge in [-0.05, 0) is 43.9 Å². The summed E-state index contributed by atoms with van der Waals surface area (Å²) in [6.45, 7) is 1.62. The van der Waals surface area contributed by atoms with Crippen molar-refractivity contribution in [3.05, 3.63) is 54.8 Å². The van der Waals surface area contributed by atoms with E-state index in [1.807, 2.05) is 24.3 Å². The van der Waals surface area contributed by atoms with Gasteiger partial charge in [0.15, 0.2) is 0 Å². The fraction of sp³-hybridized carbons (Fsp3) is 0.448. The molecule has 204 valence electrons. The Balaban J connectivity index is 0.000000186. The number of carbonyl (C=O) groups is 1. The maximum Gasteiger partial charge on any atom is 0.228 e. The number of nitrogens with one attached hydrogen (secondary N) is 1. The number of oxazole rings is 1. The van der Waals surface area contributed by atoms with Gasteiger partial charge in [-0.3, -0.25) is 14.0 Å². The molecule has 2 aromatic heterocycles. The first kappa shape index (κ1) is 27.0. The predicted octanol–water partition coefficient (Wildman–Crippen LogP) is 4.85. The molecule has 3 aliphatic rings. The van der Waals surface area contributed by atoms with E-state index >= 15 is 0 Å². The van der Waals surface area contributed by atoms with Crippen molar-refractivity contribution in [1.29, 1.82) is 5.26 Å². The monoisotopic (exact) mass is 549 g/mol. The predicted molar refractivity (Wildman–Crippen MR) is 148 cm³/mol. The van der Waals surface area contributed by atoms with E-state index in [4.69, 9.17) is 9.68 Å². The maximum absolute atomic E-state index is 13.3. The lowest BCUT2D eigenvalue weighted by atomic mass is 9.88. The highest BCUT2D eigenvalue weighted by Gasteiger charge is 2.45. The molecule has 0 spiro atoms. The molecule has 1 amide bonds. The minimum atomic E-state index is -0.682. The van der Waals surface area contributed by atoms with Gasteiger partial charge in [-0.2, -0.15) is 5.26 Å². The standard InChI is InChI=1S/C18H16FN3O2S.C11H16N2O/c19-15-9-14(10-20-11-15)18-21-17(12-24-18)13-1-3-16(4-2-13)22-5-7-25(23)8-6-22;12-8-11(6-7-11)13-10(14)9-4-2-1-3-5-9/h1-4,9-12H,5-8H2;9H,1-7H2,(H,13,14). The van der Waals surface area contributed by atoms with Gasteiger partial charge >= 0.3 is 0 Å². The van der Waals surface area contributed by atoms with Crippen LogP contribution in [0, 0.1) is 23.1 Å². The van der Waals surface area contributed by atoms with Crippen LogP contribution in [0.4, 0.5) is 10.1 Å². The Bertz CT molecular complexity index is 1350. The molecule has 39 heavy (non-hydrogen) atoms. The molecule has 1 aliphatic heterocycles. The lowest BCUT2D eigenvalue weighted by molar-refractivity contribution is -0.126. The molecular formula is C29H32FN5O3S. The summed E-state index contributed by atoms with van der Waals surface area (Å²) in [5, 5.41) is 11.7. The number of carbonyl (C=O) groups excluding carboxylic acids is 1. The van der Waals surface area contributed by atoms with E-state index in [2.05, 4.69) is 26.3 Å². The van der Waals surface area contributed by atoms with E-state index in [1.165, 1.54) is 18.7 Å². The van der Waals surface area contributed by atoms with Crippen molar-refractivity contribution in [2.24, 2.45) is 5.92 Å². The molecule has 2 saturated carbocycles. The first-order valence-electron chi connectivity index (χ1n) is 13.4. The van der Waals surface area contributed by atoms with Crippen LogP contribution in [0.15, 0.2) is 53.4 Å². The van der Waals surface area contributed by atoms with Gasteiger partial charge in [0, 0.05) is 58.8 Å². The molecule has 0 unspecified atom stereocenters. The van der Waals surface area contributed by atoms with Crippen LogP contribution < -0.4 is 10.2 Å². The van der Waals surface area contributed by atoms with E-state index in [1.54, 1.807) is 6.26 Å². The number of pyridine rings is 1. The third-order valence-electron chi connectivity index (χ3n) is 7.46. The molecule has 2 aliphatic carbocycles. The minimum absolute atomic E-state index is 0.115. The Labute approximate surface area is 230 Å². The Kier molecular flexibility index (Phi) is 8.36. The summed E-state index contributed by atoms with van der Waals surface area (Å²) in [5.41, 5.74) is 2.74. The lowest BCUT2D eigenvalue weighted by Gasteiger charge is -2.28. The van der Waals surface area contributed by atoms with Gasteiger partial charge in [-0.1, -0.05) is 31.4 Å². The van der Waals surface area contributed by atoms with E-state index in [-0.39, 0.29) is 11.8 Å². The molecule has 0 atom stereocenters. The van der Waals surface area contributed by atoms with Crippen LogP contribution in [0.2, 0.25) is 0 Å². The molecule has 3 aromatic rings. The van der Waals surface area contributed by atoms with Crippen molar-refractivity contribution in [1.82, 2.24) is 15.3 Å². The van der Waals surface area contributed by atoms with Crippen LogP contribution >= 0.6 is 0 Å². The first-order valence-corrected chi connectivity index (χ1v) is 14.9. The second-order valence-corrected chi connectivity index (χ2v) is 12.0. The van der Waals surface area contributed by atoms with Crippen molar-refractivity contribution in [3.63, 3.8) is 0 Å². The third-order valence-corrected chi connectivity index (χ3v) is 8.74. The largest absolute Gasteiger partial charge is 0.444 e. The summed E-state index contributed by atoms with van der Waals surface area (Å²) in [4.78, 5) is 22.2. The molecule has 1 saturated heterocycles. The molecule has 1 aromatic carbocycles. The first-order chi connectivity index (χ1) is 18.9. The maximum atomic E-state index is 13.3. The molecule has 3 fully saturated rings. The van der Waals surface area contributed by atoms with Crippen LogP contribution in [0.3, 0.4) is 0 Å². The molecule has 0 radical (unpaired) electrons. The molecule has 10 heteroatoms. The van der Waals surface area contributed by atoms with Gasteiger partial charge in [0.05, 0.1) is 17.8 Å². The van der Waals surface area contributed by atoms with Crippen molar-refractivity contribution in [3.8, 4) is 28.8 Å². The van der Waals surface area contributed by atoms with Crippen molar-refractivity contribution in [2.75, 3.05) is 29.5 Å². The van der Waals surface area contributed by atoms with Gasteiger partial charge in [-0.15, -0.1) is 0 Å². The van der Waals surface area contributed by atoms with Gasteiger partial charge in [0.25, 0.3) is 0 Å². The highest BCUT2D eigenvalue weighted by molar-refractivity contribution is 7.85. The zero-order valence-corrected chi connectivity index (χ0v) is 22.6. The van der Waals surface area contributed by atoms with Gasteiger partial charge < -0.3 is 14.6 Å². The molecule has 1 N–H and O–H groups in total. The van der Waals surface area contributed by atoms with Gasteiger partial charge in [0.2, 0.25) is 11.8 Å². The second kappa shape index (κ2) is 12.1. The number of hydrogen-bond acceptors (Lipinski definition) is 7. The number of nitrogens with zero attached hydrogens (tertiary/aromatic N) is 4. The van der Waals surface area contributed by atoms with Crippen LogP contribution in [-0.2, 0) is 15.6 Å². The van der Waals surface area contributed by atoms with Crippen molar-refractivity contribution < 1.29 is 17.8 Å². The minimum Gasteiger partial charge on any atom is -0.444 e. The smallest absolute Gasteiger partial charge is 0.228 e. The summed E-state index contributed by atoms with van der Waals surface area (Å²) in [7, 11) is -0.682. The number of halogens is 1. The fourth-order valence-electron chi connectivity index (χ4n) is 4.90. The normalized spacial score (nSPS) is 18.9. The van der Waals surface area contributed by atoms with Gasteiger partial charge in [-0.25, -0.2) is 9.37 Å². The summed E-state index contributed by atoms with van der Waals surface area (Å²) in [6.07, 6.45) is 11.5. The van der Waals surface area contributed by atoms with Gasteiger partial charge in [0.1, 0.15) is 23.3 Å². The van der Waals surface area contributed by atoms with Crippen LogP contribution in [0.25, 0.3) is 22.7 Å². The lowest BCUT2D eigenvalue weighted by Crippen LogP contribution is -2.40. The third kappa shape index (κ3) is 6.90. The van der Waals surface area contributed by atoms with E-state index in [0.717, 1.165) is 80.6 Å². The number of hydrogen-bond donors (Lipinski definition) is 1. The number of nitriles is 1. The molecular weight excluding hydrogens is 517 g/mol. The quantitative estimate of drug-likeness (QED) is 0.484. The van der Waals surface area contributed by atoms with E-state index < -0.39 is 22.2 Å². The summed E-state index contributed by atoms with van der Waals surface area (Å²) >= 11 is 0. The number of aromatic nitrogens is 2. The molecule has 3 heterocycles. The summed E-state index contributed by atoms with van der Waals surface area (Å²) < 4.78 is 30.2. The van der Waals surface area contributed by atoms with Crippen molar-refractivity contribution >= 4 is 22.4 Å². The molecule has 0 bridgehead atoms. The van der Waals surface area contributed by atoms with Crippen LogP contribution in [0.5, 0.6) is 0 Å². The highest BCUT2D eigenvalue weighted by Crippen LogP contribution is 2.35. The zero-order chi connectivity index (χ0) is 27.2. The average molecular weight is 550 g/mol. The summed E-state index contributed by atoms with van der Waals surface area (Å²) in [5.74, 6) is 1.64. The Morgan fingerprint density at radius 1 is 1.10 bits per heavy atom. The van der Waals surface area contributed by atoms with Crippen LogP contribution in [-0.4, -0.2) is 50.2 Å². The Morgan fingerprint density at radius 2 is 1.82 bits per heavy atom. The fourth-order valence-corrected chi connectivity index (χ4v) is 5.95. The SMILES string of the molecule is N#CC1(NC(=O)C2CCCCC2)CC1.O=S1CCN(c2ccc(-c3coc(-c4cncc(F)c4)n3)cc2)CC1. The molecule has 6 rings (SSSR count). The summed E-state index contributed by atoms with van der Waals surface area (Å²) in [6, 6.07) is 11.5. The number of anilines is 1. The Hall–Kier alpha value is -3.58.